The molecule has 1 amide bonds. The van der Waals surface area contributed by atoms with E-state index in [1.54, 1.807) is 12.3 Å². The van der Waals surface area contributed by atoms with Gasteiger partial charge in [0.2, 0.25) is 5.95 Å². The summed E-state index contributed by atoms with van der Waals surface area (Å²) in [6.45, 7) is 5.02. The number of amides is 1. The van der Waals surface area contributed by atoms with Gasteiger partial charge in [-0.2, -0.15) is 0 Å². The lowest BCUT2D eigenvalue weighted by molar-refractivity contribution is 0.0755. The van der Waals surface area contributed by atoms with Gasteiger partial charge in [-0.15, -0.1) is 0 Å². The van der Waals surface area contributed by atoms with Gasteiger partial charge in [-0.05, 0) is 37.1 Å². The molecule has 2 aliphatic heterocycles. The molecule has 2 aromatic rings. The Bertz CT molecular complexity index is 814. The van der Waals surface area contributed by atoms with Crippen LogP contribution in [0.2, 0.25) is 5.02 Å². The summed E-state index contributed by atoms with van der Waals surface area (Å²) < 4.78 is 0. The SMILES string of the molecule is O=C(c1ccnc(N2CCN(c3cccc(Cl)c3)CC2)n1)N1CCCCCC1. The molecule has 0 spiro atoms. The molecule has 1 aromatic carbocycles. The van der Waals surface area contributed by atoms with Crippen molar-refractivity contribution in [2.75, 3.05) is 49.1 Å². The van der Waals surface area contributed by atoms with E-state index in [1.807, 2.05) is 23.1 Å². The molecule has 6 nitrogen and oxygen atoms in total. The van der Waals surface area contributed by atoms with Crippen molar-refractivity contribution in [3.05, 3.63) is 47.2 Å². The lowest BCUT2D eigenvalue weighted by Crippen LogP contribution is -2.47. The number of anilines is 2. The number of rotatable bonds is 3. The summed E-state index contributed by atoms with van der Waals surface area (Å²) >= 11 is 6.12. The van der Waals surface area contributed by atoms with Gasteiger partial charge in [0.05, 0.1) is 0 Å². The molecule has 2 fully saturated rings. The highest BCUT2D eigenvalue weighted by molar-refractivity contribution is 6.30. The van der Waals surface area contributed by atoms with Gasteiger partial charge >= 0.3 is 0 Å². The summed E-state index contributed by atoms with van der Waals surface area (Å²) in [7, 11) is 0. The van der Waals surface area contributed by atoms with Crippen LogP contribution in [0.5, 0.6) is 0 Å². The number of carbonyl (C=O) groups is 1. The molecule has 2 saturated heterocycles. The Balaban J connectivity index is 1.41. The highest BCUT2D eigenvalue weighted by Crippen LogP contribution is 2.22. The van der Waals surface area contributed by atoms with Crippen LogP contribution in [-0.4, -0.2) is 60.0 Å². The van der Waals surface area contributed by atoms with Crippen molar-refractivity contribution in [1.82, 2.24) is 14.9 Å². The number of likely N-dealkylation sites (tertiary alicyclic amines) is 1. The second-order valence-corrected chi connectivity index (χ2v) is 7.84. The van der Waals surface area contributed by atoms with Crippen molar-refractivity contribution in [1.29, 1.82) is 0 Å². The highest BCUT2D eigenvalue weighted by atomic mass is 35.5. The van der Waals surface area contributed by atoms with Gasteiger partial charge in [-0.3, -0.25) is 4.79 Å². The van der Waals surface area contributed by atoms with Crippen LogP contribution < -0.4 is 9.80 Å². The van der Waals surface area contributed by atoms with Gasteiger partial charge in [0.15, 0.2) is 0 Å². The topological polar surface area (TPSA) is 52.6 Å². The Hall–Kier alpha value is -2.34. The zero-order valence-corrected chi connectivity index (χ0v) is 16.8. The number of halogens is 1. The summed E-state index contributed by atoms with van der Waals surface area (Å²) in [6.07, 6.45) is 6.27. The zero-order valence-electron chi connectivity index (χ0n) is 16.1. The van der Waals surface area contributed by atoms with E-state index in [1.165, 1.54) is 12.8 Å². The second kappa shape index (κ2) is 8.78. The van der Waals surface area contributed by atoms with Gasteiger partial charge in [0.1, 0.15) is 5.69 Å². The monoisotopic (exact) mass is 399 g/mol. The average molecular weight is 400 g/mol. The first kappa shape index (κ1) is 19.0. The third-order valence-electron chi connectivity index (χ3n) is 5.49. The quantitative estimate of drug-likeness (QED) is 0.790. The lowest BCUT2D eigenvalue weighted by atomic mass is 10.2. The Morgan fingerprint density at radius 2 is 1.61 bits per heavy atom. The van der Waals surface area contributed by atoms with Crippen molar-refractivity contribution < 1.29 is 4.79 Å². The third kappa shape index (κ3) is 4.38. The van der Waals surface area contributed by atoms with Gasteiger partial charge in [-0.1, -0.05) is 30.5 Å². The molecule has 0 unspecified atom stereocenters. The number of hydrogen-bond donors (Lipinski definition) is 0. The van der Waals surface area contributed by atoms with Crippen LogP contribution in [-0.2, 0) is 0 Å². The first-order valence-electron chi connectivity index (χ1n) is 10.1. The fourth-order valence-corrected chi connectivity index (χ4v) is 4.08. The molecule has 7 heteroatoms. The fraction of sp³-hybridized carbons (Fsp3) is 0.476. The molecule has 2 aliphatic rings. The molecule has 0 aliphatic carbocycles. The molecular formula is C21H26ClN5O. The number of piperazine rings is 1. The summed E-state index contributed by atoms with van der Waals surface area (Å²) in [6, 6.07) is 9.68. The molecule has 148 valence electrons. The Morgan fingerprint density at radius 1 is 0.893 bits per heavy atom. The van der Waals surface area contributed by atoms with E-state index in [-0.39, 0.29) is 5.91 Å². The van der Waals surface area contributed by atoms with Crippen molar-refractivity contribution >= 4 is 29.1 Å². The molecule has 3 heterocycles. The minimum Gasteiger partial charge on any atom is -0.368 e. The van der Waals surface area contributed by atoms with E-state index in [0.717, 1.165) is 62.8 Å². The fourth-order valence-electron chi connectivity index (χ4n) is 3.89. The molecule has 4 rings (SSSR count). The van der Waals surface area contributed by atoms with E-state index in [9.17, 15) is 4.79 Å². The first-order valence-corrected chi connectivity index (χ1v) is 10.5. The van der Waals surface area contributed by atoms with Gasteiger partial charge in [-0.25, -0.2) is 9.97 Å². The first-order chi connectivity index (χ1) is 13.7. The van der Waals surface area contributed by atoms with Crippen LogP contribution in [0.25, 0.3) is 0 Å². The van der Waals surface area contributed by atoms with Crippen LogP contribution in [0.15, 0.2) is 36.5 Å². The maximum Gasteiger partial charge on any atom is 0.272 e. The van der Waals surface area contributed by atoms with Gasteiger partial charge in [0.25, 0.3) is 5.91 Å². The van der Waals surface area contributed by atoms with Gasteiger partial charge < -0.3 is 14.7 Å². The van der Waals surface area contributed by atoms with Crippen LogP contribution >= 0.6 is 11.6 Å². The van der Waals surface area contributed by atoms with E-state index in [0.29, 0.717) is 11.6 Å². The lowest BCUT2D eigenvalue weighted by Gasteiger charge is -2.36. The molecular weight excluding hydrogens is 374 g/mol. The Labute approximate surface area is 171 Å². The maximum atomic E-state index is 12.9. The van der Waals surface area contributed by atoms with Gasteiger partial charge in [0, 0.05) is 56.2 Å². The molecule has 0 N–H and O–H groups in total. The van der Waals surface area contributed by atoms with Crippen molar-refractivity contribution in [3.63, 3.8) is 0 Å². The smallest absolute Gasteiger partial charge is 0.272 e. The molecule has 0 atom stereocenters. The number of aromatic nitrogens is 2. The van der Waals surface area contributed by atoms with Crippen LogP contribution in [0.4, 0.5) is 11.6 Å². The second-order valence-electron chi connectivity index (χ2n) is 7.40. The predicted octanol–water partition coefficient (Wildman–Crippen LogP) is 3.47. The van der Waals surface area contributed by atoms with E-state index in [4.69, 9.17) is 11.6 Å². The molecule has 0 saturated carbocycles. The van der Waals surface area contributed by atoms with Crippen LogP contribution in [0, 0.1) is 0 Å². The Morgan fingerprint density at radius 3 is 2.32 bits per heavy atom. The highest BCUT2D eigenvalue weighted by Gasteiger charge is 2.22. The minimum absolute atomic E-state index is 0.0307. The van der Waals surface area contributed by atoms with E-state index < -0.39 is 0 Å². The van der Waals surface area contributed by atoms with Crippen LogP contribution in [0.1, 0.15) is 36.2 Å². The minimum atomic E-state index is 0.0307. The van der Waals surface area contributed by atoms with Crippen LogP contribution in [0.3, 0.4) is 0 Å². The van der Waals surface area contributed by atoms with E-state index >= 15 is 0 Å². The largest absolute Gasteiger partial charge is 0.368 e. The zero-order chi connectivity index (χ0) is 19.3. The third-order valence-corrected chi connectivity index (χ3v) is 5.73. The summed E-state index contributed by atoms with van der Waals surface area (Å²) in [4.78, 5) is 28.3. The number of benzene rings is 1. The summed E-state index contributed by atoms with van der Waals surface area (Å²) in [5.41, 5.74) is 1.64. The number of carbonyl (C=O) groups excluding carboxylic acids is 1. The molecule has 28 heavy (non-hydrogen) atoms. The molecule has 0 radical (unpaired) electrons. The predicted molar refractivity (Wildman–Crippen MR) is 112 cm³/mol. The van der Waals surface area contributed by atoms with Crippen molar-refractivity contribution in [2.45, 2.75) is 25.7 Å². The summed E-state index contributed by atoms with van der Waals surface area (Å²) in [5.74, 6) is 0.675. The van der Waals surface area contributed by atoms with Crippen molar-refractivity contribution in [2.24, 2.45) is 0 Å². The Kier molecular flexibility index (Phi) is 5.95. The maximum absolute atomic E-state index is 12.9. The normalized spacial score (nSPS) is 18.1. The van der Waals surface area contributed by atoms with Crippen molar-refractivity contribution in [3.8, 4) is 0 Å². The standard InChI is InChI=1S/C21H26ClN5O/c22-17-6-5-7-18(16-17)25-12-14-27(15-13-25)21-23-9-8-19(24-21)20(28)26-10-3-1-2-4-11-26/h5-9,16H,1-4,10-15H2. The number of hydrogen-bond acceptors (Lipinski definition) is 5. The molecule has 1 aromatic heterocycles. The average Bonchev–Trinajstić information content (AvgIpc) is 3.03. The molecule has 0 bridgehead atoms. The van der Waals surface area contributed by atoms with E-state index in [2.05, 4.69) is 25.8 Å². The summed E-state index contributed by atoms with van der Waals surface area (Å²) in [5, 5.41) is 0.753. The number of nitrogens with zero attached hydrogens (tertiary/aromatic N) is 5.